The van der Waals surface area contributed by atoms with Crippen LogP contribution >= 0.6 is 22.9 Å². The molecule has 0 radical (unpaired) electrons. The molecule has 2 aromatic carbocycles. The summed E-state index contributed by atoms with van der Waals surface area (Å²) in [5.41, 5.74) is 1.41. The number of methoxy groups -OCH3 is 1. The highest BCUT2D eigenvalue weighted by molar-refractivity contribution is 7.21. The Morgan fingerprint density at radius 2 is 2.04 bits per heavy atom. The molecule has 0 atom stereocenters. The van der Waals surface area contributed by atoms with Crippen molar-refractivity contribution in [3.63, 3.8) is 0 Å². The van der Waals surface area contributed by atoms with E-state index in [0.29, 0.717) is 21.3 Å². The smallest absolute Gasteiger partial charge is 0.267 e. The first-order valence-corrected chi connectivity index (χ1v) is 8.06. The largest absolute Gasteiger partial charge is 0.508 e. The maximum Gasteiger partial charge on any atom is 0.267 e. The summed E-state index contributed by atoms with van der Waals surface area (Å²) in [5, 5.41) is 13.5. The Morgan fingerprint density at radius 1 is 1.26 bits per heavy atom. The topological polar surface area (TPSA) is 58.6 Å². The van der Waals surface area contributed by atoms with Crippen LogP contribution in [0, 0.1) is 6.92 Å². The number of hydrogen-bond acceptors (Lipinski definition) is 4. The number of benzene rings is 2. The van der Waals surface area contributed by atoms with Crippen molar-refractivity contribution in [1.82, 2.24) is 0 Å². The fourth-order valence-corrected chi connectivity index (χ4v) is 3.67. The summed E-state index contributed by atoms with van der Waals surface area (Å²) in [6.45, 7) is 1.81. The molecule has 1 aromatic heterocycles. The van der Waals surface area contributed by atoms with Gasteiger partial charge in [0, 0.05) is 15.8 Å². The number of thiophene rings is 1. The van der Waals surface area contributed by atoms with E-state index in [2.05, 4.69) is 5.32 Å². The van der Waals surface area contributed by atoms with Crippen LogP contribution in [0.2, 0.25) is 5.02 Å². The highest BCUT2D eigenvalue weighted by Gasteiger charge is 2.18. The van der Waals surface area contributed by atoms with E-state index >= 15 is 0 Å². The molecule has 0 saturated carbocycles. The summed E-state index contributed by atoms with van der Waals surface area (Å²) < 4.78 is 6.11. The first-order valence-electron chi connectivity index (χ1n) is 6.86. The van der Waals surface area contributed by atoms with Crippen molar-refractivity contribution in [3.05, 3.63) is 51.9 Å². The van der Waals surface area contributed by atoms with Gasteiger partial charge in [0.25, 0.3) is 5.91 Å². The minimum absolute atomic E-state index is 0.160. The lowest BCUT2D eigenvalue weighted by molar-refractivity contribution is 0.103. The van der Waals surface area contributed by atoms with Crippen LogP contribution in [-0.4, -0.2) is 18.1 Å². The van der Waals surface area contributed by atoms with Crippen LogP contribution < -0.4 is 10.1 Å². The van der Waals surface area contributed by atoms with E-state index in [9.17, 15) is 9.90 Å². The number of anilines is 1. The molecular formula is C17H14ClNO3S. The molecule has 0 fully saturated rings. The quantitative estimate of drug-likeness (QED) is 0.667. The number of nitrogens with one attached hydrogen (secondary N) is 1. The average molecular weight is 348 g/mol. The van der Waals surface area contributed by atoms with Gasteiger partial charge in [-0.25, -0.2) is 0 Å². The molecule has 6 heteroatoms. The van der Waals surface area contributed by atoms with E-state index in [0.717, 1.165) is 15.6 Å². The third kappa shape index (κ3) is 2.98. The van der Waals surface area contributed by atoms with Crippen LogP contribution in [0.5, 0.6) is 11.5 Å². The Kier molecular flexibility index (Phi) is 4.15. The second-order valence-electron chi connectivity index (χ2n) is 5.06. The van der Waals surface area contributed by atoms with Gasteiger partial charge in [-0.1, -0.05) is 11.6 Å². The molecule has 3 aromatic rings. The van der Waals surface area contributed by atoms with Gasteiger partial charge in [0.1, 0.15) is 16.4 Å². The molecular weight excluding hydrogens is 334 g/mol. The van der Waals surface area contributed by atoms with E-state index in [1.165, 1.54) is 17.4 Å². The van der Waals surface area contributed by atoms with E-state index in [-0.39, 0.29) is 11.7 Å². The van der Waals surface area contributed by atoms with Gasteiger partial charge in [-0.05, 0) is 48.9 Å². The lowest BCUT2D eigenvalue weighted by Gasteiger charge is -2.07. The number of rotatable bonds is 3. The summed E-state index contributed by atoms with van der Waals surface area (Å²) in [4.78, 5) is 13.0. The zero-order valence-electron chi connectivity index (χ0n) is 12.5. The number of fused-ring (bicyclic) bond motifs is 1. The number of phenolic OH excluding ortho intramolecular Hbond substituents is 1. The molecule has 1 heterocycles. The summed E-state index contributed by atoms with van der Waals surface area (Å²) >= 11 is 7.70. The minimum Gasteiger partial charge on any atom is -0.508 e. The molecule has 0 saturated heterocycles. The van der Waals surface area contributed by atoms with Gasteiger partial charge in [-0.3, -0.25) is 4.79 Å². The van der Waals surface area contributed by atoms with Crippen LogP contribution in [-0.2, 0) is 0 Å². The van der Waals surface area contributed by atoms with Crippen molar-refractivity contribution in [2.75, 3.05) is 12.4 Å². The SMILES string of the molecule is COc1ccc2sc(C(=O)Nc3ccc(O)cc3C)c(Cl)c2c1. The standard InChI is InChI=1S/C17H14ClNO3S/c1-9-7-10(20)3-5-13(9)19-17(21)16-15(18)12-8-11(22-2)4-6-14(12)23-16/h3-8,20H,1-2H3,(H,19,21). The monoisotopic (exact) mass is 347 g/mol. The van der Waals surface area contributed by atoms with Crippen LogP contribution in [0.25, 0.3) is 10.1 Å². The van der Waals surface area contributed by atoms with Gasteiger partial charge in [0.05, 0.1) is 12.1 Å². The number of phenols is 1. The van der Waals surface area contributed by atoms with Crippen molar-refractivity contribution >= 4 is 44.6 Å². The zero-order chi connectivity index (χ0) is 16.6. The highest BCUT2D eigenvalue weighted by Crippen LogP contribution is 2.37. The Labute approximate surface area is 142 Å². The fourth-order valence-electron chi connectivity index (χ4n) is 2.29. The van der Waals surface area contributed by atoms with Crippen molar-refractivity contribution in [3.8, 4) is 11.5 Å². The number of carbonyl (C=O) groups excluding carboxylic acids is 1. The lowest BCUT2D eigenvalue weighted by atomic mass is 10.2. The van der Waals surface area contributed by atoms with Crippen molar-refractivity contribution in [2.45, 2.75) is 6.92 Å². The van der Waals surface area contributed by atoms with Gasteiger partial charge in [0.2, 0.25) is 0 Å². The van der Waals surface area contributed by atoms with E-state index in [1.807, 2.05) is 25.1 Å². The highest BCUT2D eigenvalue weighted by atomic mass is 35.5. The minimum atomic E-state index is -0.274. The molecule has 0 aliphatic heterocycles. The van der Waals surface area contributed by atoms with Crippen molar-refractivity contribution < 1.29 is 14.6 Å². The zero-order valence-corrected chi connectivity index (χ0v) is 14.1. The first-order chi connectivity index (χ1) is 11.0. The molecule has 1 amide bonds. The Morgan fingerprint density at radius 3 is 2.74 bits per heavy atom. The number of hydrogen-bond donors (Lipinski definition) is 2. The normalized spacial score (nSPS) is 10.7. The van der Waals surface area contributed by atoms with E-state index in [4.69, 9.17) is 16.3 Å². The van der Waals surface area contributed by atoms with Crippen molar-refractivity contribution in [1.29, 1.82) is 0 Å². The number of aryl methyl sites for hydroxylation is 1. The number of carbonyl (C=O) groups is 1. The van der Waals surface area contributed by atoms with Gasteiger partial charge >= 0.3 is 0 Å². The summed E-state index contributed by atoms with van der Waals surface area (Å²) in [6, 6.07) is 10.3. The second kappa shape index (κ2) is 6.10. The molecule has 3 rings (SSSR count). The van der Waals surface area contributed by atoms with Crippen LogP contribution in [0.1, 0.15) is 15.2 Å². The number of aromatic hydroxyl groups is 1. The Bertz CT molecular complexity index is 904. The average Bonchev–Trinajstić information content (AvgIpc) is 2.86. The number of ether oxygens (including phenoxy) is 1. The molecule has 0 aliphatic rings. The fraction of sp³-hybridized carbons (Fsp3) is 0.118. The van der Waals surface area contributed by atoms with Crippen LogP contribution in [0.4, 0.5) is 5.69 Å². The first kappa shape index (κ1) is 15.6. The van der Waals surface area contributed by atoms with Gasteiger partial charge in [-0.15, -0.1) is 11.3 Å². The summed E-state index contributed by atoms with van der Waals surface area (Å²) in [6.07, 6.45) is 0. The van der Waals surface area contributed by atoms with Crippen molar-refractivity contribution in [2.24, 2.45) is 0 Å². The summed E-state index contributed by atoms with van der Waals surface area (Å²) in [7, 11) is 1.59. The molecule has 0 spiro atoms. The molecule has 0 aliphatic carbocycles. The number of halogens is 1. The second-order valence-corrected chi connectivity index (χ2v) is 6.49. The van der Waals surface area contributed by atoms with Crippen LogP contribution in [0.3, 0.4) is 0 Å². The molecule has 0 unspecified atom stereocenters. The number of amides is 1. The molecule has 4 nitrogen and oxygen atoms in total. The maximum absolute atomic E-state index is 12.5. The molecule has 2 N–H and O–H groups in total. The van der Waals surface area contributed by atoms with Crippen LogP contribution in [0.15, 0.2) is 36.4 Å². The Hall–Kier alpha value is -2.24. The third-order valence-corrected chi connectivity index (χ3v) is 5.17. The predicted molar refractivity (Wildman–Crippen MR) is 94.2 cm³/mol. The van der Waals surface area contributed by atoms with Gasteiger partial charge in [0.15, 0.2) is 0 Å². The van der Waals surface area contributed by atoms with E-state index in [1.54, 1.807) is 19.2 Å². The summed E-state index contributed by atoms with van der Waals surface area (Å²) in [5.74, 6) is 0.579. The third-order valence-electron chi connectivity index (χ3n) is 3.50. The molecule has 118 valence electrons. The molecule has 23 heavy (non-hydrogen) atoms. The van der Waals surface area contributed by atoms with Gasteiger partial charge < -0.3 is 15.2 Å². The molecule has 0 bridgehead atoms. The predicted octanol–water partition coefficient (Wildman–Crippen LogP) is 4.83. The van der Waals surface area contributed by atoms with E-state index < -0.39 is 0 Å². The lowest BCUT2D eigenvalue weighted by Crippen LogP contribution is -2.11. The Balaban J connectivity index is 1.96. The van der Waals surface area contributed by atoms with Gasteiger partial charge in [-0.2, -0.15) is 0 Å². The maximum atomic E-state index is 12.5.